The predicted octanol–water partition coefficient (Wildman–Crippen LogP) is 0.528. The SMILES string of the molecule is Cc1noc(C)c1CNC1CCC(=O)N(C)C1=O. The zero-order valence-electron chi connectivity index (χ0n) is 10.8. The van der Waals surface area contributed by atoms with Gasteiger partial charge >= 0.3 is 0 Å². The van der Waals surface area contributed by atoms with Gasteiger partial charge in [-0.2, -0.15) is 0 Å². The zero-order chi connectivity index (χ0) is 13.3. The molecule has 0 aliphatic carbocycles. The van der Waals surface area contributed by atoms with Crippen LogP contribution < -0.4 is 5.32 Å². The van der Waals surface area contributed by atoms with Crippen molar-refractivity contribution in [3.63, 3.8) is 0 Å². The number of hydrogen-bond donors (Lipinski definition) is 1. The van der Waals surface area contributed by atoms with Crippen molar-refractivity contribution >= 4 is 11.8 Å². The summed E-state index contributed by atoms with van der Waals surface area (Å²) in [5, 5.41) is 7.02. The number of imide groups is 1. The molecule has 6 nitrogen and oxygen atoms in total. The van der Waals surface area contributed by atoms with Crippen LogP contribution in [0.25, 0.3) is 0 Å². The summed E-state index contributed by atoms with van der Waals surface area (Å²) in [6.07, 6.45) is 0.951. The minimum atomic E-state index is -0.304. The van der Waals surface area contributed by atoms with Crippen LogP contribution in [0.3, 0.4) is 0 Å². The lowest BCUT2D eigenvalue weighted by Gasteiger charge is -2.28. The number of carbonyl (C=O) groups excluding carboxylic acids is 2. The topological polar surface area (TPSA) is 75.4 Å². The molecular weight excluding hydrogens is 234 g/mol. The Labute approximate surface area is 105 Å². The fourth-order valence-corrected chi connectivity index (χ4v) is 2.08. The normalized spacial score (nSPS) is 20.6. The molecule has 1 saturated heterocycles. The smallest absolute Gasteiger partial charge is 0.246 e. The molecule has 2 rings (SSSR count). The molecule has 2 amide bonds. The van der Waals surface area contributed by atoms with Crippen LogP contribution in [0, 0.1) is 13.8 Å². The van der Waals surface area contributed by atoms with E-state index in [0.29, 0.717) is 19.4 Å². The maximum absolute atomic E-state index is 11.9. The molecule has 1 aliphatic rings. The highest BCUT2D eigenvalue weighted by atomic mass is 16.5. The van der Waals surface area contributed by atoms with Gasteiger partial charge in [0.2, 0.25) is 11.8 Å². The van der Waals surface area contributed by atoms with Crippen LogP contribution in [-0.2, 0) is 16.1 Å². The minimum absolute atomic E-state index is 0.115. The van der Waals surface area contributed by atoms with Gasteiger partial charge in [0.05, 0.1) is 11.7 Å². The minimum Gasteiger partial charge on any atom is -0.361 e. The van der Waals surface area contributed by atoms with E-state index in [0.717, 1.165) is 17.0 Å². The van der Waals surface area contributed by atoms with Crippen LogP contribution in [-0.4, -0.2) is 35.0 Å². The van der Waals surface area contributed by atoms with Gasteiger partial charge in [-0.05, 0) is 20.3 Å². The van der Waals surface area contributed by atoms with E-state index in [9.17, 15) is 9.59 Å². The van der Waals surface area contributed by atoms with Gasteiger partial charge in [-0.25, -0.2) is 0 Å². The molecule has 0 radical (unpaired) electrons. The summed E-state index contributed by atoms with van der Waals surface area (Å²) in [6, 6.07) is -0.304. The Morgan fingerprint density at radius 3 is 2.78 bits per heavy atom. The first kappa shape index (κ1) is 12.8. The van der Waals surface area contributed by atoms with Crippen molar-refractivity contribution in [1.82, 2.24) is 15.4 Å². The van der Waals surface area contributed by atoms with E-state index in [1.54, 1.807) is 0 Å². The molecule has 0 saturated carbocycles. The average Bonchev–Trinajstić information content (AvgIpc) is 2.66. The molecule has 0 bridgehead atoms. The van der Waals surface area contributed by atoms with Crippen molar-refractivity contribution in [2.45, 2.75) is 39.3 Å². The quantitative estimate of drug-likeness (QED) is 0.793. The first-order valence-corrected chi connectivity index (χ1v) is 5.96. The van der Waals surface area contributed by atoms with Gasteiger partial charge < -0.3 is 9.84 Å². The Morgan fingerprint density at radius 2 is 2.17 bits per heavy atom. The third kappa shape index (κ3) is 2.28. The third-order valence-electron chi connectivity index (χ3n) is 3.36. The number of amides is 2. The lowest BCUT2D eigenvalue weighted by atomic mass is 10.0. The first-order chi connectivity index (χ1) is 8.50. The molecular formula is C12H17N3O3. The van der Waals surface area contributed by atoms with Gasteiger partial charge in [-0.1, -0.05) is 5.16 Å². The van der Waals surface area contributed by atoms with Crippen LogP contribution in [0.5, 0.6) is 0 Å². The summed E-state index contributed by atoms with van der Waals surface area (Å²) in [5.74, 6) is 0.473. The van der Waals surface area contributed by atoms with E-state index in [4.69, 9.17) is 4.52 Å². The zero-order valence-corrected chi connectivity index (χ0v) is 10.8. The standard InChI is InChI=1S/C12H17N3O3/c1-7-9(8(2)18-14-7)6-13-10-4-5-11(16)15(3)12(10)17/h10,13H,4-6H2,1-3H3. The Balaban J connectivity index is 1.99. The number of nitrogens with zero attached hydrogens (tertiary/aromatic N) is 2. The summed E-state index contributed by atoms with van der Waals surface area (Å²) in [5.41, 5.74) is 1.80. The van der Waals surface area contributed by atoms with Crippen LogP contribution in [0.4, 0.5) is 0 Å². The number of rotatable bonds is 3. The van der Waals surface area contributed by atoms with Crippen molar-refractivity contribution in [1.29, 1.82) is 0 Å². The van der Waals surface area contributed by atoms with E-state index >= 15 is 0 Å². The molecule has 1 N–H and O–H groups in total. The van der Waals surface area contributed by atoms with Crippen LogP contribution in [0.2, 0.25) is 0 Å². The van der Waals surface area contributed by atoms with Gasteiger partial charge in [0.15, 0.2) is 0 Å². The Kier molecular flexibility index (Phi) is 3.47. The maximum Gasteiger partial charge on any atom is 0.246 e. The summed E-state index contributed by atoms with van der Waals surface area (Å²) in [4.78, 5) is 24.4. The molecule has 1 aliphatic heterocycles. The Bertz CT molecular complexity index is 461. The number of hydrogen-bond acceptors (Lipinski definition) is 5. The van der Waals surface area contributed by atoms with Crippen molar-refractivity contribution in [3.05, 3.63) is 17.0 Å². The number of likely N-dealkylation sites (tertiary alicyclic amines) is 1. The maximum atomic E-state index is 11.9. The van der Waals surface area contributed by atoms with Gasteiger partial charge in [0.1, 0.15) is 5.76 Å². The number of aryl methyl sites for hydroxylation is 2. The van der Waals surface area contributed by atoms with Crippen molar-refractivity contribution < 1.29 is 14.1 Å². The van der Waals surface area contributed by atoms with Crippen molar-refractivity contribution in [2.75, 3.05) is 7.05 Å². The number of piperidine rings is 1. The molecule has 1 aromatic heterocycles. The number of carbonyl (C=O) groups is 2. The Morgan fingerprint density at radius 1 is 1.44 bits per heavy atom. The molecule has 1 unspecified atom stereocenters. The second kappa shape index (κ2) is 4.89. The molecule has 1 atom stereocenters. The summed E-state index contributed by atoms with van der Waals surface area (Å²) < 4.78 is 5.06. The molecule has 1 fully saturated rings. The third-order valence-corrected chi connectivity index (χ3v) is 3.36. The average molecular weight is 251 g/mol. The summed E-state index contributed by atoms with van der Waals surface area (Å²) >= 11 is 0. The highest BCUT2D eigenvalue weighted by Crippen LogP contribution is 2.15. The lowest BCUT2D eigenvalue weighted by Crippen LogP contribution is -2.51. The summed E-state index contributed by atoms with van der Waals surface area (Å²) in [6.45, 7) is 4.24. The first-order valence-electron chi connectivity index (χ1n) is 5.96. The predicted molar refractivity (Wildman–Crippen MR) is 63.6 cm³/mol. The fraction of sp³-hybridized carbons (Fsp3) is 0.583. The van der Waals surface area contributed by atoms with E-state index in [1.165, 1.54) is 11.9 Å². The number of aromatic nitrogens is 1. The molecule has 1 aromatic rings. The monoisotopic (exact) mass is 251 g/mol. The van der Waals surface area contributed by atoms with E-state index < -0.39 is 0 Å². The van der Waals surface area contributed by atoms with Crippen LogP contribution in [0.15, 0.2) is 4.52 Å². The van der Waals surface area contributed by atoms with Crippen molar-refractivity contribution in [3.8, 4) is 0 Å². The lowest BCUT2D eigenvalue weighted by molar-refractivity contribution is -0.148. The highest BCUT2D eigenvalue weighted by molar-refractivity contribution is 6.00. The van der Waals surface area contributed by atoms with Crippen LogP contribution in [0.1, 0.15) is 29.9 Å². The van der Waals surface area contributed by atoms with E-state index in [-0.39, 0.29) is 17.9 Å². The van der Waals surface area contributed by atoms with Gasteiger partial charge in [-0.3, -0.25) is 14.5 Å². The molecule has 2 heterocycles. The Hall–Kier alpha value is -1.69. The second-order valence-electron chi connectivity index (χ2n) is 4.57. The van der Waals surface area contributed by atoms with E-state index in [1.807, 2.05) is 13.8 Å². The highest BCUT2D eigenvalue weighted by Gasteiger charge is 2.31. The molecule has 6 heteroatoms. The molecule has 98 valence electrons. The van der Waals surface area contributed by atoms with Gasteiger partial charge in [0.25, 0.3) is 0 Å². The number of nitrogens with one attached hydrogen (secondary N) is 1. The molecule has 0 spiro atoms. The molecule has 0 aromatic carbocycles. The van der Waals surface area contributed by atoms with Crippen LogP contribution >= 0.6 is 0 Å². The molecule has 18 heavy (non-hydrogen) atoms. The fourth-order valence-electron chi connectivity index (χ4n) is 2.08. The number of likely N-dealkylation sites (N-methyl/N-ethyl adjacent to an activating group) is 1. The summed E-state index contributed by atoms with van der Waals surface area (Å²) in [7, 11) is 1.52. The van der Waals surface area contributed by atoms with E-state index in [2.05, 4.69) is 10.5 Å². The largest absolute Gasteiger partial charge is 0.361 e. The van der Waals surface area contributed by atoms with Crippen molar-refractivity contribution in [2.24, 2.45) is 0 Å². The van der Waals surface area contributed by atoms with Gasteiger partial charge in [-0.15, -0.1) is 0 Å². The van der Waals surface area contributed by atoms with Gasteiger partial charge in [0, 0.05) is 25.6 Å². The second-order valence-corrected chi connectivity index (χ2v) is 4.57.